The van der Waals surface area contributed by atoms with E-state index in [9.17, 15) is 40.5 Å². The Bertz CT molecular complexity index is 1690. The molecule has 2 fully saturated rings. The molecule has 0 spiro atoms. The lowest BCUT2D eigenvalue weighted by molar-refractivity contribution is -0.332. The van der Waals surface area contributed by atoms with Crippen LogP contribution in [-0.2, 0) is 33.2 Å². The van der Waals surface area contributed by atoms with E-state index >= 15 is 0 Å². The Balaban J connectivity index is 1.75. The lowest BCUT2D eigenvalue weighted by atomic mass is 9.98. The molecule has 2 heterocycles. The highest BCUT2D eigenvalue weighted by Crippen LogP contribution is 2.26. The predicted octanol–water partition coefficient (Wildman–Crippen LogP) is 10.7. The molecule has 0 aromatic rings. The first-order valence-electron chi connectivity index (χ1n) is 29.5. The van der Waals surface area contributed by atoms with E-state index in [-0.39, 0.29) is 19.6 Å². The van der Waals surface area contributed by atoms with Crippen LogP contribution in [0.15, 0.2) is 109 Å². The smallest absolute Gasteiger partial charge is 0.306 e. The molecule has 77 heavy (non-hydrogen) atoms. The van der Waals surface area contributed by atoms with Crippen LogP contribution in [0.5, 0.6) is 0 Å². The third kappa shape index (κ3) is 35.1. The van der Waals surface area contributed by atoms with Crippen molar-refractivity contribution in [2.24, 2.45) is 0 Å². The third-order valence-corrected chi connectivity index (χ3v) is 13.3. The van der Waals surface area contributed by atoms with Gasteiger partial charge in [0.05, 0.1) is 26.4 Å². The number of ether oxygens (including phenoxy) is 6. The third-order valence-electron chi connectivity index (χ3n) is 13.3. The molecule has 2 rings (SSSR count). The van der Waals surface area contributed by atoms with E-state index in [4.69, 9.17) is 28.4 Å². The maximum Gasteiger partial charge on any atom is 0.306 e. The maximum atomic E-state index is 13.1. The van der Waals surface area contributed by atoms with Crippen molar-refractivity contribution in [1.82, 2.24) is 0 Å². The fourth-order valence-corrected chi connectivity index (χ4v) is 8.54. The molecule has 14 heteroatoms. The molecular weight excluding hydrogens is 981 g/mol. The van der Waals surface area contributed by atoms with Crippen LogP contribution in [0.2, 0.25) is 0 Å². The minimum atomic E-state index is -1.73. The number of carbonyl (C=O) groups is 1. The van der Waals surface area contributed by atoms with E-state index in [1.54, 1.807) is 0 Å². The van der Waals surface area contributed by atoms with Crippen molar-refractivity contribution in [3.05, 3.63) is 109 Å². The highest BCUT2D eigenvalue weighted by molar-refractivity contribution is 5.69. The van der Waals surface area contributed by atoms with Crippen molar-refractivity contribution in [1.29, 1.82) is 0 Å². The van der Waals surface area contributed by atoms with Crippen LogP contribution >= 0.6 is 0 Å². The van der Waals surface area contributed by atoms with Crippen LogP contribution < -0.4 is 0 Å². The van der Waals surface area contributed by atoms with Crippen LogP contribution in [-0.4, -0.2) is 142 Å². The Morgan fingerprint density at radius 3 is 1.32 bits per heavy atom. The molecule has 0 aliphatic carbocycles. The number of aliphatic hydroxyl groups is 7. The van der Waals surface area contributed by atoms with Crippen LogP contribution in [0.4, 0.5) is 0 Å². The van der Waals surface area contributed by atoms with Crippen molar-refractivity contribution < 1.29 is 69.0 Å². The molecular formula is C63H104O14. The Morgan fingerprint density at radius 2 is 0.844 bits per heavy atom. The summed E-state index contributed by atoms with van der Waals surface area (Å²) >= 11 is 0. The second kappa shape index (κ2) is 48.5. The van der Waals surface area contributed by atoms with Gasteiger partial charge >= 0.3 is 5.97 Å². The number of rotatable bonds is 46. The van der Waals surface area contributed by atoms with E-state index in [1.165, 1.54) is 70.6 Å². The maximum absolute atomic E-state index is 13.1. The van der Waals surface area contributed by atoms with Gasteiger partial charge in [0.15, 0.2) is 12.6 Å². The molecule has 11 unspecified atom stereocenters. The quantitative estimate of drug-likeness (QED) is 0.0172. The molecule has 14 nitrogen and oxygen atoms in total. The summed E-state index contributed by atoms with van der Waals surface area (Å²) in [6.07, 6.45) is 50.1. The van der Waals surface area contributed by atoms with E-state index in [1.807, 2.05) is 6.08 Å². The number of hydrogen-bond acceptors (Lipinski definition) is 14. The Hall–Kier alpha value is -3.35. The van der Waals surface area contributed by atoms with Gasteiger partial charge in [0.25, 0.3) is 0 Å². The van der Waals surface area contributed by atoms with Gasteiger partial charge in [-0.3, -0.25) is 4.79 Å². The molecule has 440 valence electrons. The fraction of sp³-hybridized carbons (Fsp3) is 0.698. The van der Waals surface area contributed by atoms with E-state index in [2.05, 4.69) is 117 Å². The summed E-state index contributed by atoms with van der Waals surface area (Å²) in [5.41, 5.74) is 0. The summed E-state index contributed by atoms with van der Waals surface area (Å²) in [4.78, 5) is 13.1. The molecule has 0 radical (unpaired) electrons. The predicted molar refractivity (Wildman–Crippen MR) is 307 cm³/mol. The van der Waals surface area contributed by atoms with Crippen LogP contribution in [0, 0.1) is 0 Å². The van der Waals surface area contributed by atoms with Crippen LogP contribution in [0.3, 0.4) is 0 Å². The number of allylic oxidation sites excluding steroid dienone is 18. The average Bonchev–Trinajstić information content (AvgIpc) is 3.43. The zero-order valence-electron chi connectivity index (χ0n) is 47.2. The Kier molecular flexibility index (Phi) is 44.0. The largest absolute Gasteiger partial charge is 0.457 e. The average molecular weight is 1090 g/mol. The lowest BCUT2D eigenvalue weighted by Crippen LogP contribution is -2.61. The monoisotopic (exact) mass is 1080 g/mol. The summed E-state index contributed by atoms with van der Waals surface area (Å²) < 4.78 is 34.3. The molecule has 0 bridgehead atoms. The van der Waals surface area contributed by atoms with Crippen molar-refractivity contribution in [3.8, 4) is 0 Å². The van der Waals surface area contributed by atoms with Gasteiger partial charge in [0.2, 0.25) is 0 Å². The summed E-state index contributed by atoms with van der Waals surface area (Å²) in [5.74, 6) is -0.438. The highest BCUT2D eigenvalue weighted by Gasteiger charge is 2.47. The van der Waals surface area contributed by atoms with Crippen molar-refractivity contribution in [3.63, 3.8) is 0 Å². The van der Waals surface area contributed by atoms with Gasteiger partial charge in [-0.2, -0.15) is 0 Å². The SMILES string of the molecule is CC/C=C\C/C=C\C/C=C\C/C=C\C/C=C\C/C=C\C/C=C\CCCC(=O)OC(COCCCCCCCCCCCC/C=C\C/C=C\CCCCC)COC1OC(COC2OC(CO)C(O)C(O)C2O)C(O)C(O)C1O. The molecule has 0 saturated carbocycles. The number of esters is 1. The molecule has 2 aliphatic rings. The molecule has 11 atom stereocenters. The lowest BCUT2D eigenvalue weighted by Gasteiger charge is -2.42. The summed E-state index contributed by atoms with van der Waals surface area (Å²) in [5, 5.41) is 72.4. The second-order valence-corrected chi connectivity index (χ2v) is 20.1. The number of hydrogen-bond donors (Lipinski definition) is 7. The van der Waals surface area contributed by atoms with Gasteiger partial charge in [0.1, 0.15) is 54.9 Å². The number of aliphatic hydroxyl groups excluding tert-OH is 7. The van der Waals surface area contributed by atoms with Gasteiger partial charge in [-0.05, 0) is 96.3 Å². The Morgan fingerprint density at radius 1 is 0.442 bits per heavy atom. The highest BCUT2D eigenvalue weighted by atomic mass is 16.7. The Labute approximate surface area is 464 Å². The fourth-order valence-electron chi connectivity index (χ4n) is 8.54. The van der Waals surface area contributed by atoms with Gasteiger partial charge in [-0.1, -0.05) is 187 Å². The van der Waals surface area contributed by atoms with Crippen molar-refractivity contribution in [2.45, 2.75) is 248 Å². The van der Waals surface area contributed by atoms with Gasteiger partial charge in [-0.15, -0.1) is 0 Å². The van der Waals surface area contributed by atoms with Gasteiger partial charge < -0.3 is 64.2 Å². The number of carbonyl (C=O) groups excluding carboxylic acids is 1. The van der Waals surface area contributed by atoms with Gasteiger partial charge in [0, 0.05) is 13.0 Å². The van der Waals surface area contributed by atoms with E-state index < -0.39 is 86.7 Å². The van der Waals surface area contributed by atoms with Crippen LogP contribution in [0.1, 0.15) is 181 Å². The molecule has 7 N–H and O–H groups in total. The minimum Gasteiger partial charge on any atom is -0.457 e. The summed E-state index contributed by atoms with van der Waals surface area (Å²) in [6, 6.07) is 0. The second-order valence-electron chi connectivity index (χ2n) is 20.1. The molecule has 0 aromatic carbocycles. The first kappa shape index (κ1) is 69.8. The van der Waals surface area contributed by atoms with Crippen molar-refractivity contribution in [2.75, 3.05) is 33.0 Å². The number of unbranched alkanes of at least 4 members (excludes halogenated alkanes) is 14. The topological polar surface area (TPSA) is 214 Å². The van der Waals surface area contributed by atoms with Crippen molar-refractivity contribution >= 4 is 5.97 Å². The summed E-state index contributed by atoms with van der Waals surface area (Å²) in [7, 11) is 0. The minimum absolute atomic E-state index is 0.0290. The molecule has 0 amide bonds. The normalized spacial score (nSPS) is 25.1. The zero-order chi connectivity index (χ0) is 55.8. The van der Waals surface area contributed by atoms with Gasteiger partial charge in [-0.25, -0.2) is 0 Å². The zero-order valence-corrected chi connectivity index (χ0v) is 47.2. The van der Waals surface area contributed by atoms with Crippen LogP contribution in [0.25, 0.3) is 0 Å². The standard InChI is InChI=1S/C63H104O14/c1-3-5-7-9-11-13-15-17-19-21-23-25-26-27-28-30-32-34-36-38-40-42-44-46-55(65)75-52(49-72-47-45-43-41-39-37-35-33-31-29-24-22-20-18-16-14-12-10-8-6-4-2)50-73-62-61(71)59(69)57(67)54(77-62)51-74-63-60(70)58(68)56(66)53(48-64)76-63/h5,7,11-14,17-20,23,25,27-28,32,34,38,40,52-54,56-64,66-71H,3-4,6,8-10,15-16,21-22,24,26,29-31,33,35-37,39,41-51H2,1-2H3/b7-5-,13-11-,14-12-,19-17-,20-18-,25-23-,28-27-,34-32-,40-38-. The molecule has 0 aromatic heterocycles. The molecule has 2 aliphatic heterocycles. The molecule has 2 saturated heterocycles. The van der Waals surface area contributed by atoms with E-state index in [0.717, 1.165) is 77.0 Å². The van der Waals surface area contributed by atoms with E-state index in [0.29, 0.717) is 19.4 Å². The first-order chi connectivity index (χ1) is 37.6. The first-order valence-corrected chi connectivity index (χ1v) is 29.5. The summed E-state index contributed by atoms with van der Waals surface area (Å²) in [6.45, 7) is 3.45.